The predicted octanol–water partition coefficient (Wildman–Crippen LogP) is 3.32. The highest BCUT2D eigenvalue weighted by Gasteiger charge is 2.13. The van der Waals surface area contributed by atoms with Gasteiger partial charge in [0.2, 0.25) is 0 Å². The second-order valence-electron chi connectivity index (χ2n) is 6.26. The Morgan fingerprint density at radius 3 is 2.56 bits per heavy atom. The summed E-state index contributed by atoms with van der Waals surface area (Å²) in [5, 5.41) is 4.88. The van der Waals surface area contributed by atoms with Crippen molar-refractivity contribution in [3.8, 4) is 5.69 Å². The largest absolute Gasteiger partial charge is 0.310 e. The Labute approximate surface area is 145 Å². The summed E-state index contributed by atoms with van der Waals surface area (Å²) in [5.74, 6) is 0.636. The molecule has 2 aromatic heterocycles. The van der Waals surface area contributed by atoms with Crippen LogP contribution < -0.4 is 5.56 Å². The average molecular weight is 330 g/mol. The number of nitrogens with one attached hydrogen (secondary N) is 1. The van der Waals surface area contributed by atoms with E-state index in [1.54, 1.807) is 10.9 Å². The lowest BCUT2D eigenvalue weighted by atomic mass is 10.1. The second kappa shape index (κ2) is 6.02. The van der Waals surface area contributed by atoms with Crippen LogP contribution in [0, 0.1) is 13.8 Å². The van der Waals surface area contributed by atoms with Gasteiger partial charge in [-0.3, -0.25) is 4.79 Å². The van der Waals surface area contributed by atoms with Gasteiger partial charge in [-0.15, -0.1) is 0 Å². The Morgan fingerprint density at radius 2 is 1.80 bits per heavy atom. The first kappa shape index (κ1) is 15.3. The van der Waals surface area contributed by atoms with Crippen LogP contribution in [0.25, 0.3) is 16.7 Å². The number of nitrogens with zero attached hydrogens (tertiary/aromatic N) is 3. The maximum Gasteiger partial charge on any atom is 0.262 e. The Kier molecular flexibility index (Phi) is 3.69. The first-order chi connectivity index (χ1) is 12.1. The minimum Gasteiger partial charge on any atom is -0.310 e. The van der Waals surface area contributed by atoms with Gasteiger partial charge in [0, 0.05) is 6.42 Å². The molecular formula is C20H18N4O. The summed E-state index contributed by atoms with van der Waals surface area (Å²) in [4.78, 5) is 20.0. The van der Waals surface area contributed by atoms with E-state index in [2.05, 4.69) is 46.3 Å². The molecular weight excluding hydrogens is 312 g/mol. The van der Waals surface area contributed by atoms with Crippen molar-refractivity contribution in [3.63, 3.8) is 0 Å². The van der Waals surface area contributed by atoms with Crippen molar-refractivity contribution in [3.05, 3.63) is 87.6 Å². The highest BCUT2D eigenvalue weighted by Crippen LogP contribution is 2.18. The maximum absolute atomic E-state index is 12.4. The summed E-state index contributed by atoms with van der Waals surface area (Å²) in [6.45, 7) is 4.07. The molecule has 4 aromatic rings. The smallest absolute Gasteiger partial charge is 0.262 e. The molecule has 2 heterocycles. The summed E-state index contributed by atoms with van der Waals surface area (Å²) in [7, 11) is 0. The van der Waals surface area contributed by atoms with Crippen molar-refractivity contribution in [1.82, 2.24) is 19.7 Å². The average Bonchev–Trinajstić information content (AvgIpc) is 3.02. The lowest BCUT2D eigenvalue weighted by Gasteiger charge is -2.07. The van der Waals surface area contributed by atoms with Crippen molar-refractivity contribution in [2.75, 3.05) is 0 Å². The first-order valence-electron chi connectivity index (χ1n) is 8.20. The molecule has 0 aliphatic carbocycles. The van der Waals surface area contributed by atoms with Crippen LogP contribution in [0.4, 0.5) is 0 Å². The summed E-state index contributed by atoms with van der Waals surface area (Å²) in [6, 6.07) is 16.2. The number of hydrogen-bond donors (Lipinski definition) is 1. The molecule has 25 heavy (non-hydrogen) atoms. The fraction of sp³-hybridized carbons (Fsp3) is 0.150. The van der Waals surface area contributed by atoms with E-state index in [1.807, 2.05) is 31.2 Å². The van der Waals surface area contributed by atoms with Gasteiger partial charge in [-0.25, -0.2) is 9.67 Å². The topological polar surface area (TPSA) is 63.6 Å². The van der Waals surface area contributed by atoms with Gasteiger partial charge in [-0.1, -0.05) is 48.0 Å². The van der Waals surface area contributed by atoms with Crippen molar-refractivity contribution in [2.24, 2.45) is 0 Å². The van der Waals surface area contributed by atoms with E-state index in [0.29, 0.717) is 23.3 Å². The molecule has 0 atom stereocenters. The number of aromatic amines is 1. The van der Waals surface area contributed by atoms with Gasteiger partial charge in [-0.2, -0.15) is 5.10 Å². The van der Waals surface area contributed by atoms with Gasteiger partial charge in [-0.05, 0) is 31.0 Å². The number of fused-ring (bicyclic) bond motifs is 1. The highest BCUT2D eigenvalue weighted by molar-refractivity contribution is 5.75. The molecule has 2 aromatic carbocycles. The van der Waals surface area contributed by atoms with Crippen molar-refractivity contribution >= 4 is 11.0 Å². The summed E-state index contributed by atoms with van der Waals surface area (Å²) in [6.07, 6.45) is 2.15. The molecule has 0 radical (unpaired) electrons. The van der Waals surface area contributed by atoms with Gasteiger partial charge in [0.25, 0.3) is 5.56 Å². The molecule has 0 saturated carbocycles. The van der Waals surface area contributed by atoms with Crippen LogP contribution in [0.3, 0.4) is 0 Å². The zero-order valence-electron chi connectivity index (χ0n) is 14.2. The summed E-state index contributed by atoms with van der Waals surface area (Å²) < 4.78 is 1.73. The van der Waals surface area contributed by atoms with Gasteiger partial charge in [0.05, 0.1) is 11.9 Å². The molecule has 0 unspecified atom stereocenters. The zero-order valence-corrected chi connectivity index (χ0v) is 14.2. The standard InChI is InChI=1S/C20H18N4O/c1-13-7-9-15(10-8-13)11-18-22-19-16(20(25)23-18)12-21-24(19)17-6-4-3-5-14(17)2/h3-10,12H,11H2,1-2H3,(H,22,23,25). The fourth-order valence-electron chi connectivity index (χ4n) is 2.92. The lowest BCUT2D eigenvalue weighted by molar-refractivity contribution is 0.873. The van der Waals surface area contributed by atoms with Crippen LogP contribution in [0.15, 0.2) is 59.5 Å². The number of aryl methyl sites for hydroxylation is 2. The number of rotatable bonds is 3. The number of benzene rings is 2. The predicted molar refractivity (Wildman–Crippen MR) is 98.2 cm³/mol. The van der Waals surface area contributed by atoms with Crippen LogP contribution in [-0.4, -0.2) is 19.7 Å². The van der Waals surface area contributed by atoms with Crippen molar-refractivity contribution in [1.29, 1.82) is 0 Å². The molecule has 4 rings (SSSR count). The number of aromatic nitrogens is 4. The third-order valence-electron chi connectivity index (χ3n) is 4.32. The van der Waals surface area contributed by atoms with Gasteiger partial charge in [0.1, 0.15) is 11.2 Å². The Balaban J connectivity index is 1.83. The molecule has 124 valence electrons. The van der Waals surface area contributed by atoms with E-state index in [-0.39, 0.29) is 5.56 Å². The Morgan fingerprint density at radius 1 is 1.04 bits per heavy atom. The molecule has 0 amide bonds. The van der Waals surface area contributed by atoms with Crippen LogP contribution in [-0.2, 0) is 6.42 Å². The Hall–Kier alpha value is -3.21. The minimum absolute atomic E-state index is 0.160. The van der Waals surface area contributed by atoms with E-state index in [1.165, 1.54) is 5.56 Å². The second-order valence-corrected chi connectivity index (χ2v) is 6.26. The molecule has 1 N–H and O–H groups in total. The SMILES string of the molecule is Cc1ccc(Cc2nc3c(cnn3-c3ccccc3C)c(=O)[nH]2)cc1. The summed E-state index contributed by atoms with van der Waals surface area (Å²) >= 11 is 0. The molecule has 0 bridgehead atoms. The van der Waals surface area contributed by atoms with E-state index < -0.39 is 0 Å². The number of hydrogen-bond acceptors (Lipinski definition) is 3. The lowest BCUT2D eigenvalue weighted by Crippen LogP contribution is -2.13. The fourth-order valence-corrected chi connectivity index (χ4v) is 2.92. The van der Waals surface area contributed by atoms with Gasteiger partial charge < -0.3 is 4.98 Å². The molecule has 0 aliphatic rings. The van der Waals surface area contributed by atoms with E-state index >= 15 is 0 Å². The van der Waals surface area contributed by atoms with E-state index in [4.69, 9.17) is 0 Å². The maximum atomic E-state index is 12.4. The minimum atomic E-state index is -0.160. The number of para-hydroxylation sites is 1. The molecule has 5 nitrogen and oxygen atoms in total. The molecule has 0 fully saturated rings. The normalized spacial score (nSPS) is 11.1. The van der Waals surface area contributed by atoms with Crippen LogP contribution in [0.2, 0.25) is 0 Å². The molecule has 0 saturated heterocycles. The van der Waals surface area contributed by atoms with Crippen molar-refractivity contribution < 1.29 is 0 Å². The number of H-pyrrole nitrogens is 1. The first-order valence-corrected chi connectivity index (χ1v) is 8.20. The van der Waals surface area contributed by atoms with Gasteiger partial charge >= 0.3 is 0 Å². The molecule has 0 spiro atoms. The van der Waals surface area contributed by atoms with E-state index in [9.17, 15) is 4.79 Å². The Bertz CT molecular complexity index is 1110. The van der Waals surface area contributed by atoms with Crippen molar-refractivity contribution in [2.45, 2.75) is 20.3 Å². The third-order valence-corrected chi connectivity index (χ3v) is 4.32. The van der Waals surface area contributed by atoms with E-state index in [0.717, 1.165) is 16.8 Å². The molecule has 5 heteroatoms. The van der Waals surface area contributed by atoms with Gasteiger partial charge in [0.15, 0.2) is 5.65 Å². The monoisotopic (exact) mass is 330 g/mol. The molecule has 0 aliphatic heterocycles. The van der Waals surface area contributed by atoms with Crippen LogP contribution in [0.1, 0.15) is 22.5 Å². The third kappa shape index (κ3) is 2.85. The quantitative estimate of drug-likeness (QED) is 0.627. The van der Waals surface area contributed by atoms with Crippen LogP contribution >= 0.6 is 0 Å². The highest BCUT2D eigenvalue weighted by atomic mass is 16.1. The zero-order chi connectivity index (χ0) is 17.4. The van der Waals surface area contributed by atoms with Crippen LogP contribution in [0.5, 0.6) is 0 Å². The summed E-state index contributed by atoms with van der Waals surface area (Å²) in [5.41, 5.74) is 4.74.